The molecule has 0 aliphatic rings. The third-order valence-corrected chi connectivity index (χ3v) is 6.38. The van der Waals surface area contributed by atoms with Crippen molar-refractivity contribution in [3.8, 4) is 5.75 Å². The zero-order valence-corrected chi connectivity index (χ0v) is 21.7. The summed E-state index contributed by atoms with van der Waals surface area (Å²) in [5.74, 6) is 0.803. The van der Waals surface area contributed by atoms with Gasteiger partial charge in [-0.25, -0.2) is 0 Å². The summed E-state index contributed by atoms with van der Waals surface area (Å²) in [7, 11) is 0. The highest BCUT2D eigenvalue weighted by Crippen LogP contribution is 2.45. The van der Waals surface area contributed by atoms with Crippen molar-refractivity contribution in [3.63, 3.8) is 0 Å². The predicted octanol–water partition coefficient (Wildman–Crippen LogP) is 5.49. The van der Waals surface area contributed by atoms with Gasteiger partial charge in [0.1, 0.15) is 12.4 Å². The third-order valence-electron chi connectivity index (χ3n) is 6.38. The number of aliphatic hydroxyl groups is 1. The van der Waals surface area contributed by atoms with Crippen LogP contribution in [0.5, 0.6) is 5.75 Å². The predicted molar refractivity (Wildman–Crippen MR) is 150 cm³/mol. The molecule has 0 amide bonds. The second-order valence-electron chi connectivity index (χ2n) is 8.78. The number of aliphatic hydroxyl groups excluding tert-OH is 1. The summed E-state index contributed by atoms with van der Waals surface area (Å²) in [5, 5.41) is 8.67. The maximum atomic E-state index is 8.67. The Labute approximate surface area is 225 Å². The molecule has 0 saturated heterocycles. The van der Waals surface area contributed by atoms with Gasteiger partial charge in [-0.3, -0.25) is 0 Å². The van der Waals surface area contributed by atoms with Crippen LogP contribution in [0, 0.1) is 0 Å². The Hall–Kier alpha value is -3.48. The van der Waals surface area contributed by atoms with Crippen LogP contribution < -0.4 is 4.74 Å². The lowest BCUT2D eigenvalue weighted by Gasteiger charge is -2.36. The van der Waals surface area contributed by atoms with Gasteiger partial charge in [-0.2, -0.15) is 0 Å². The molecule has 198 valence electrons. The summed E-state index contributed by atoms with van der Waals surface area (Å²) in [5.41, 5.74) is 4.34. The van der Waals surface area contributed by atoms with E-state index in [0.29, 0.717) is 46.2 Å². The number of hydrogen-bond donors (Lipinski definition) is 1. The first-order chi connectivity index (χ1) is 18.9. The minimum atomic E-state index is -0.464. The fourth-order valence-corrected chi connectivity index (χ4v) is 4.69. The normalized spacial score (nSPS) is 11.4. The fraction of sp³-hybridized carbons (Fsp3) is 0.273. The molecular weight excluding hydrogens is 476 g/mol. The Kier molecular flexibility index (Phi) is 10.9. The second-order valence-corrected chi connectivity index (χ2v) is 8.78. The van der Waals surface area contributed by atoms with E-state index in [1.807, 2.05) is 12.1 Å². The van der Waals surface area contributed by atoms with Crippen LogP contribution in [0.2, 0.25) is 0 Å². The average Bonchev–Trinajstić information content (AvgIpc) is 2.99. The molecule has 0 saturated carbocycles. The molecule has 5 nitrogen and oxygen atoms in total. The zero-order chi connectivity index (χ0) is 26.3. The number of ether oxygens (including phenoxy) is 4. The maximum Gasteiger partial charge on any atom is 0.119 e. The van der Waals surface area contributed by atoms with Gasteiger partial charge in [0.2, 0.25) is 0 Å². The minimum Gasteiger partial charge on any atom is -0.491 e. The Bertz CT molecular complexity index is 1070. The number of rotatable bonds is 16. The Morgan fingerprint density at radius 3 is 1.21 bits per heavy atom. The van der Waals surface area contributed by atoms with Crippen LogP contribution in [0.15, 0.2) is 115 Å². The van der Waals surface area contributed by atoms with Gasteiger partial charge in [0.15, 0.2) is 0 Å². The van der Waals surface area contributed by atoms with Crippen LogP contribution in [0.25, 0.3) is 0 Å². The Morgan fingerprint density at radius 2 is 0.789 bits per heavy atom. The van der Waals surface area contributed by atoms with Gasteiger partial charge < -0.3 is 24.1 Å². The Morgan fingerprint density at radius 1 is 0.421 bits per heavy atom. The van der Waals surface area contributed by atoms with E-state index >= 15 is 0 Å². The molecule has 0 aromatic heterocycles. The quantitative estimate of drug-likeness (QED) is 0.159. The van der Waals surface area contributed by atoms with Gasteiger partial charge in [-0.1, -0.05) is 103 Å². The van der Waals surface area contributed by atoms with Gasteiger partial charge in [0, 0.05) is 0 Å². The molecular formula is C33H36O5. The molecule has 0 aliphatic heterocycles. The molecule has 4 aromatic carbocycles. The van der Waals surface area contributed by atoms with Crippen molar-refractivity contribution < 1.29 is 24.1 Å². The first-order valence-corrected chi connectivity index (χ1v) is 13.1. The number of hydrogen-bond acceptors (Lipinski definition) is 5. The molecule has 4 aromatic rings. The van der Waals surface area contributed by atoms with Crippen molar-refractivity contribution in [2.45, 2.75) is 5.41 Å². The average molecular weight is 513 g/mol. The fourth-order valence-electron chi connectivity index (χ4n) is 4.69. The Balaban J connectivity index is 1.44. The van der Waals surface area contributed by atoms with Crippen LogP contribution in [0.4, 0.5) is 0 Å². The monoisotopic (exact) mass is 512 g/mol. The molecule has 0 aliphatic carbocycles. The highest BCUT2D eigenvalue weighted by molar-refractivity contribution is 5.60. The van der Waals surface area contributed by atoms with E-state index in [4.69, 9.17) is 24.1 Å². The van der Waals surface area contributed by atoms with E-state index in [1.165, 1.54) is 22.3 Å². The molecule has 0 fully saturated rings. The largest absolute Gasteiger partial charge is 0.491 e. The van der Waals surface area contributed by atoms with Crippen molar-refractivity contribution in [2.24, 2.45) is 0 Å². The maximum absolute atomic E-state index is 8.67. The minimum absolute atomic E-state index is 0.0276. The first-order valence-electron chi connectivity index (χ1n) is 13.1. The smallest absolute Gasteiger partial charge is 0.119 e. The summed E-state index contributed by atoms with van der Waals surface area (Å²) in [6, 6.07) is 40.4. The second kappa shape index (κ2) is 15.1. The summed E-state index contributed by atoms with van der Waals surface area (Å²) in [6.07, 6.45) is 0. The molecule has 0 unspecified atom stereocenters. The van der Waals surface area contributed by atoms with Crippen molar-refractivity contribution in [1.82, 2.24) is 0 Å². The highest BCUT2D eigenvalue weighted by atomic mass is 16.6. The van der Waals surface area contributed by atoms with E-state index in [1.54, 1.807) is 0 Å². The molecule has 0 spiro atoms. The van der Waals surface area contributed by atoms with E-state index in [0.717, 1.165) is 5.75 Å². The van der Waals surface area contributed by atoms with Gasteiger partial charge in [0.05, 0.1) is 51.7 Å². The standard InChI is InChI=1S/C33H36O5/c34-20-21-35-22-23-36-24-25-37-26-27-38-32-18-16-31(17-19-32)33(28-10-4-1-5-11-28,29-12-6-2-7-13-29)30-14-8-3-9-15-30/h1-19,34H,20-27H2. The molecule has 1 N–H and O–H groups in total. The van der Waals surface area contributed by atoms with Gasteiger partial charge in [0.25, 0.3) is 0 Å². The van der Waals surface area contributed by atoms with Gasteiger partial charge in [-0.15, -0.1) is 0 Å². The highest BCUT2D eigenvalue weighted by Gasteiger charge is 2.38. The first kappa shape index (κ1) is 27.6. The van der Waals surface area contributed by atoms with Crippen LogP contribution >= 0.6 is 0 Å². The van der Waals surface area contributed by atoms with Crippen molar-refractivity contribution in [2.75, 3.05) is 52.9 Å². The van der Waals surface area contributed by atoms with Crippen LogP contribution in [0.3, 0.4) is 0 Å². The number of benzene rings is 4. The lowest BCUT2D eigenvalue weighted by molar-refractivity contribution is 0.00361. The molecule has 0 bridgehead atoms. The molecule has 0 atom stereocenters. The van der Waals surface area contributed by atoms with Gasteiger partial charge in [-0.05, 0) is 34.4 Å². The van der Waals surface area contributed by atoms with Crippen LogP contribution in [-0.2, 0) is 19.6 Å². The molecule has 38 heavy (non-hydrogen) atoms. The summed E-state index contributed by atoms with van der Waals surface area (Å²) in [6.45, 7) is 3.26. The van der Waals surface area contributed by atoms with Crippen molar-refractivity contribution in [3.05, 3.63) is 138 Å². The van der Waals surface area contributed by atoms with Crippen molar-refractivity contribution >= 4 is 0 Å². The van der Waals surface area contributed by atoms with E-state index in [9.17, 15) is 0 Å². The van der Waals surface area contributed by atoms with Crippen LogP contribution in [-0.4, -0.2) is 58.0 Å². The molecule has 0 radical (unpaired) electrons. The van der Waals surface area contributed by atoms with Crippen LogP contribution in [0.1, 0.15) is 22.3 Å². The lowest BCUT2D eigenvalue weighted by Crippen LogP contribution is -2.30. The SMILES string of the molecule is OCCOCCOCCOCCOc1ccc(C(c2ccccc2)(c2ccccc2)c2ccccc2)cc1. The van der Waals surface area contributed by atoms with E-state index < -0.39 is 5.41 Å². The zero-order valence-electron chi connectivity index (χ0n) is 21.7. The third kappa shape index (κ3) is 7.09. The molecule has 0 heterocycles. The topological polar surface area (TPSA) is 57.2 Å². The summed E-state index contributed by atoms with van der Waals surface area (Å²) < 4.78 is 22.1. The summed E-state index contributed by atoms with van der Waals surface area (Å²) >= 11 is 0. The van der Waals surface area contributed by atoms with E-state index in [-0.39, 0.29) is 6.61 Å². The summed E-state index contributed by atoms with van der Waals surface area (Å²) in [4.78, 5) is 0. The van der Waals surface area contributed by atoms with Gasteiger partial charge >= 0.3 is 0 Å². The van der Waals surface area contributed by atoms with E-state index in [2.05, 4.69) is 103 Å². The lowest BCUT2D eigenvalue weighted by atomic mass is 9.65. The van der Waals surface area contributed by atoms with Crippen molar-refractivity contribution in [1.29, 1.82) is 0 Å². The molecule has 4 rings (SSSR count). The molecule has 5 heteroatoms.